The Labute approximate surface area is 137 Å². The quantitative estimate of drug-likeness (QED) is 0.627. The third kappa shape index (κ3) is 4.57. The molecule has 0 aliphatic rings. The van der Waals surface area contributed by atoms with E-state index in [2.05, 4.69) is 48.8 Å². The van der Waals surface area contributed by atoms with Crippen molar-refractivity contribution in [3.05, 3.63) is 37.8 Å². The molecule has 0 aliphatic heterocycles. The van der Waals surface area contributed by atoms with Crippen molar-refractivity contribution in [2.45, 2.75) is 26.8 Å². The zero-order valence-electron chi connectivity index (χ0n) is 12.4. The lowest BCUT2D eigenvalue weighted by Gasteiger charge is -2.11. The minimum absolute atomic E-state index is 0.658. The van der Waals surface area contributed by atoms with Crippen molar-refractivity contribution < 1.29 is 4.52 Å². The molecule has 0 amide bonds. The number of aromatic nitrogens is 1. The Hall–Kier alpha value is -1.34. The molecule has 0 atom stereocenters. The molecule has 2 rings (SSSR count). The first-order chi connectivity index (χ1) is 10.1. The summed E-state index contributed by atoms with van der Waals surface area (Å²) in [7, 11) is 1.77. The Bertz CT molecular complexity index is 601. The van der Waals surface area contributed by atoms with Crippen molar-refractivity contribution in [3.8, 4) is 0 Å². The number of aliphatic imine (C=N–C) groups is 1. The molecule has 2 heterocycles. The van der Waals surface area contributed by atoms with Gasteiger partial charge in [-0.2, -0.15) is 0 Å². The molecule has 5 nitrogen and oxygen atoms in total. The van der Waals surface area contributed by atoms with Crippen LogP contribution in [-0.4, -0.2) is 24.7 Å². The van der Waals surface area contributed by atoms with Gasteiger partial charge < -0.3 is 15.2 Å². The number of guanidine groups is 1. The van der Waals surface area contributed by atoms with Gasteiger partial charge in [0.15, 0.2) is 5.96 Å². The van der Waals surface area contributed by atoms with E-state index < -0.39 is 0 Å². The number of nitrogens with zero attached hydrogens (tertiary/aromatic N) is 2. The van der Waals surface area contributed by atoms with Gasteiger partial charge in [0.1, 0.15) is 5.76 Å². The van der Waals surface area contributed by atoms with Gasteiger partial charge in [-0.25, -0.2) is 0 Å². The average Bonchev–Trinajstić information content (AvgIpc) is 3.01. The second-order valence-corrected chi connectivity index (χ2v) is 7.16. The summed E-state index contributed by atoms with van der Waals surface area (Å²) in [5.41, 5.74) is 2.00. The number of thiophene rings is 1. The molecule has 7 heteroatoms. The Morgan fingerprint density at radius 3 is 2.76 bits per heavy atom. The largest absolute Gasteiger partial charge is 0.361 e. The Morgan fingerprint density at radius 1 is 1.38 bits per heavy atom. The molecule has 21 heavy (non-hydrogen) atoms. The van der Waals surface area contributed by atoms with Crippen LogP contribution in [0.1, 0.15) is 21.9 Å². The molecule has 2 N–H and O–H groups in total. The predicted octanol–water partition coefficient (Wildman–Crippen LogP) is 3.02. The highest BCUT2D eigenvalue weighted by atomic mass is 79.9. The van der Waals surface area contributed by atoms with Crippen LogP contribution in [-0.2, 0) is 13.0 Å². The van der Waals surface area contributed by atoms with Gasteiger partial charge in [0.2, 0.25) is 0 Å². The molecule has 0 spiro atoms. The van der Waals surface area contributed by atoms with Crippen LogP contribution in [0, 0.1) is 13.8 Å². The molecular weight excluding hydrogens is 352 g/mol. The summed E-state index contributed by atoms with van der Waals surface area (Å²) in [6, 6.07) is 4.21. The van der Waals surface area contributed by atoms with Crippen LogP contribution in [0.3, 0.4) is 0 Å². The van der Waals surface area contributed by atoms with Crippen LogP contribution in [0.2, 0.25) is 0 Å². The van der Waals surface area contributed by atoms with E-state index in [1.54, 1.807) is 18.4 Å². The van der Waals surface area contributed by atoms with E-state index in [4.69, 9.17) is 4.52 Å². The van der Waals surface area contributed by atoms with E-state index in [9.17, 15) is 0 Å². The lowest BCUT2D eigenvalue weighted by Crippen LogP contribution is -2.38. The highest BCUT2D eigenvalue weighted by molar-refractivity contribution is 9.11. The molecule has 0 aliphatic carbocycles. The fourth-order valence-corrected chi connectivity index (χ4v) is 3.42. The third-order valence-corrected chi connectivity index (χ3v) is 4.81. The van der Waals surface area contributed by atoms with Crippen LogP contribution in [0.15, 0.2) is 25.4 Å². The van der Waals surface area contributed by atoms with Crippen molar-refractivity contribution >= 4 is 33.2 Å². The zero-order chi connectivity index (χ0) is 15.2. The Balaban J connectivity index is 1.78. The molecule has 114 valence electrons. The summed E-state index contributed by atoms with van der Waals surface area (Å²) in [6.07, 6.45) is 0.974. The molecule has 2 aromatic heterocycles. The first kappa shape index (κ1) is 16.0. The summed E-state index contributed by atoms with van der Waals surface area (Å²) in [6.45, 7) is 5.36. The predicted molar refractivity (Wildman–Crippen MR) is 89.9 cm³/mol. The maximum absolute atomic E-state index is 5.15. The summed E-state index contributed by atoms with van der Waals surface area (Å²) >= 11 is 5.23. The van der Waals surface area contributed by atoms with E-state index in [-0.39, 0.29) is 0 Å². The fourth-order valence-electron chi connectivity index (χ4n) is 1.94. The molecule has 0 aromatic carbocycles. The van der Waals surface area contributed by atoms with Gasteiger partial charge in [0, 0.05) is 30.6 Å². The lowest BCUT2D eigenvalue weighted by molar-refractivity contribution is 0.392. The zero-order valence-corrected chi connectivity index (χ0v) is 14.8. The lowest BCUT2D eigenvalue weighted by atomic mass is 10.2. The normalized spacial score (nSPS) is 11.7. The topological polar surface area (TPSA) is 62.5 Å². The van der Waals surface area contributed by atoms with E-state index in [0.29, 0.717) is 6.54 Å². The number of nitrogens with one attached hydrogen (secondary N) is 2. The minimum atomic E-state index is 0.658. The molecule has 0 fully saturated rings. The second kappa shape index (κ2) is 7.61. The van der Waals surface area contributed by atoms with Crippen LogP contribution >= 0.6 is 27.3 Å². The van der Waals surface area contributed by atoms with E-state index >= 15 is 0 Å². The number of hydrogen-bond donors (Lipinski definition) is 2. The molecule has 0 unspecified atom stereocenters. The summed E-state index contributed by atoms with van der Waals surface area (Å²) in [4.78, 5) is 5.56. The fraction of sp³-hybridized carbons (Fsp3) is 0.429. The maximum atomic E-state index is 5.15. The van der Waals surface area contributed by atoms with Gasteiger partial charge in [-0.05, 0) is 48.3 Å². The summed E-state index contributed by atoms with van der Waals surface area (Å²) < 4.78 is 6.31. The van der Waals surface area contributed by atoms with Crippen molar-refractivity contribution in [2.24, 2.45) is 4.99 Å². The SMILES string of the molecule is CN=C(NCCc1ccc(Br)s1)NCc1c(C)noc1C. The first-order valence-corrected chi connectivity index (χ1v) is 8.31. The highest BCUT2D eigenvalue weighted by Gasteiger charge is 2.09. The van der Waals surface area contributed by atoms with E-state index in [1.807, 2.05) is 13.8 Å². The number of halogens is 1. The Morgan fingerprint density at radius 2 is 2.19 bits per heavy atom. The van der Waals surface area contributed by atoms with Gasteiger partial charge >= 0.3 is 0 Å². The van der Waals surface area contributed by atoms with Gasteiger partial charge in [-0.3, -0.25) is 4.99 Å². The van der Waals surface area contributed by atoms with Crippen LogP contribution < -0.4 is 10.6 Å². The van der Waals surface area contributed by atoms with Crippen molar-refractivity contribution in [3.63, 3.8) is 0 Å². The molecule has 2 aromatic rings. The van der Waals surface area contributed by atoms with Crippen molar-refractivity contribution in [1.29, 1.82) is 0 Å². The summed E-state index contributed by atoms with van der Waals surface area (Å²) in [5, 5.41) is 10.5. The molecule has 0 saturated heterocycles. The third-order valence-electron chi connectivity index (χ3n) is 3.13. The smallest absolute Gasteiger partial charge is 0.191 e. The van der Waals surface area contributed by atoms with Crippen LogP contribution in [0.25, 0.3) is 0 Å². The van der Waals surface area contributed by atoms with Gasteiger partial charge in [-0.1, -0.05) is 5.16 Å². The summed E-state index contributed by atoms with van der Waals surface area (Å²) in [5.74, 6) is 1.63. The second-order valence-electron chi connectivity index (χ2n) is 4.61. The minimum Gasteiger partial charge on any atom is -0.361 e. The molecular formula is C14H19BrN4OS. The molecule has 0 bridgehead atoms. The molecule has 0 radical (unpaired) electrons. The van der Waals surface area contributed by atoms with Crippen molar-refractivity contribution in [1.82, 2.24) is 15.8 Å². The maximum Gasteiger partial charge on any atom is 0.191 e. The van der Waals surface area contributed by atoms with E-state index in [1.165, 1.54) is 8.66 Å². The van der Waals surface area contributed by atoms with Gasteiger partial charge in [-0.15, -0.1) is 11.3 Å². The average molecular weight is 371 g/mol. The number of aryl methyl sites for hydroxylation is 2. The number of rotatable bonds is 5. The monoisotopic (exact) mass is 370 g/mol. The standard InChI is InChI=1S/C14H19BrN4OS/c1-9-12(10(2)20-19-9)8-18-14(16-3)17-7-6-11-4-5-13(15)21-11/h4-5H,6-8H2,1-3H3,(H2,16,17,18). The van der Waals surface area contributed by atoms with Crippen molar-refractivity contribution in [2.75, 3.05) is 13.6 Å². The van der Waals surface area contributed by atoms with Crippen LogP contribution in [0.4, 0.5) is 0 Å². The van der Waals surface area contributed by atoms with Gasteiger partial charge in [0.25, 0.3) is 0 Å². The Kier molecular flexibility index (Phi) is 5.81. The van der Waals surface area contributed by atoms with Crippen LogP contribution in [0.5, 0.6) is 0 Å². The molecule has 0 saturated carbocycles. The van der Waals surface area contributed by atoms with E-state index in [0.717, 1.165) is 35.9 Å². The highest BCUT2D eigenvalue weighted by Crippen LogP contribution is 2.22. The number of hydrogen-bond acceptors (Lipinski definition) is 4. The van der Waals surface area contributed by atoms with Gasteiger partial charge in [0.05, 0.1) is 9.48 Å². The first-order valence-electron chi connectivity index (χ1n) is 6.70.